The molecule has 4 amide bonds. The van der Waals surface area contributed by atoms with E-state index in [4.69, 9.17) is 14.7 Å². The van der Waals surface area contributed by atoms with Crippen LogP contribution in [0.4, 0.5) is 9.59 Å². The summed E-state index contributed by atoms with van der Waals surface area (Å²) in [6, 6.07) is 0. The molecule has 1 spiro atoms. The van der Waals surface area contributed by atoms with Gasteiger partial charge in [-0.1, -0.05) is 0 Å². The number of amides is 4. The van der Waals surface area contributed by atoms with E-state index in [1.54, 1.807) is 0 Å². The fraction of sp³-hybridized carbons (Fsp3) is 0.733. The number of nitrogens with one attached hydrogen (secondary N) is 1. The topological polar surface area (TPSA) is 125 Å². The maximum atomic E-state index is 12.1. The van der Waals surface area contributed by atoms with E-state index in [0.717, 1.165) is 6.42 Å². The van der Waals surface area contributed by atoms with Crippen molar-refractivity contribution in [3.63, 3.8) is 0 Å². The van der Waals surface area contributed by atoms with Crippen molar-refractivity contribution in [2.75, 3.05) is 26.2 Å². The highest BCUT2D eigenvalue weighted by Gasteiger charge is 2.44. The van der Waals surface area contributed by atoms with Crippen LogP contribution in [0, 0.1) is 5.92 Å². The normalized spacial score (nSPS) is 25.5. The van der Waals surface area contributed by atoms with Crippen molar-refractivity contribution in [1.29, 1.82) is 0 Å². The van der Waals surface area contributed by atoms with Gasteiger partial charge in [0.1, 0.15) is 0 Å². The molecule has 0 aromatic heterocycles. The SMILES string of the molecule is O=C(O)NCC1COC2(CCN(C(=O)ON3C(=O)CCC3=O)CC2)C1. The number of carbonyl (C=O) groups excluding carboxylic acids is 3. The highest BCUT2D eigenvalue weighted by molar-refractivity contribution is 6.01. The van der Waals surface area contributed by atoms with Crippen LogP contribution in [0.1, 0.15) is 32.1 Å². The molecular formula is C15H21N3O7. The van der Waals surface area contributed by atoms with Crippen LogP contribution in [0.5, 0.6) is 0 Å². The molecule has 10 heteroatoms. The minimum absolute atomic E-state index is 0.0643. The first-order valence-corrected chi connectivity index (χ1v) is 8.32. The molecule has 3 rings (SSSR count). The number of carboxylic acid groups (broad SMARTS) is 1. The molecule has 0 aromatic rings. The monoisotopic (exact) mass is 355 g/mol. The minimum atomic E-state index is -1.05. The predicted octanol–water partition coefficient (Wildman–Crippen LogP) is 0.326. The molecule has 1 unspecified atom stereocenters. The molecule has 0 radical (unpaired) electrons. The Morgan fingerprint density at radius 3 is 2.48 bits per heavy atom. The molecule has 3 aliphatic heterocycles. The zero-order valence-electron chi connectivity index (χ0n) is 13.7. The summed E-state index contributed by atoms with van der Waals surface area (Å²) in [5.41, 5.74) is -0.346. The number of imide groups is 1. The summed E-state index contributed by atoms with van der Waals surface area (Å²) >= 11 is 0. The van der Waals surface area contributed by atoms with Crippen LogP contribution in [-0.2, 0) is 19.2 Å². The molecule has 0 bridgehead atoms. The molecule has 2 N–H and O–H groups in total. The minimum Gasteiger partial charge on any atom is -0.465 e. The molecule has 3 fully saturated rings. The van der Waals surface area contributed by atoms with Crippen molar-refractivity contribution in [1.82, 2.24) is 15.3 Å². The molecule has 138 valence electrons. The van der Waals surface area contributed by atoms with E-state index in [-0.39, 0.29) is 24.4 Å². The van der Waals surface area contributed by atoms with Gasteiger partial charge in [0.15, 0.2) is 0 Å². The van der Waals surface area contributed by atoms with Crippen LogP contribution in [0.2, 0.25) is 0 Å². The number of ether oxygens (including phenoxy) is 1. The Bertz CT molecular complexity index is 570. The van der Waals surface area contributed by atoms with Crippen LogP contribution in [0.25, 0.3) is 0 Å². The maximum absolute atomic E-state index is 12.1. The van der Waals surface area contributed by atoms with Crippen molar-refractivity contribution < 1.29 is 33.9 Å². The van der Waals surface area contributed by atoms with Gasteiger partial charge in [-0.05, 0) is 19.3 Å². The number of nitrogens with zero attached hydrogens (tertiary/aromatic N) is 2. The Labute approximate surface area is 144 Å². The lowest BCUT2D eigenvalue weighted by atomic mass is 9.85. The number of piperidine rings is 1. The zero-order valence-corrected chi connectivity index (χ0v) is 13.7. The van der Waals surface area contributed by atoms with E-state index in [1.807, 2.05) is 0 Å². The summed E-state index contributed by atoms with van der Waals surface area (Å²) in [5, 5.41) is 11.6. The Balaban J connectivity index is 1.47. The van der Waals surface area contributed by atoms with Gasteiger partial charge in [-0.15, -0.1) is 5.06 Å². The van der Waals surface area contributed by atoms with Crippen molar-refractivity contribution in [2.45, 2.75) is 37.7 Å². The molecule has 0 aliphatic carbocycles. The maximum Gasteiger partial charge on any atom is 0.434 e. The van der Waals surface area contributed by atoms with Gasteiger partial charge in [0.05, 0.1) is 12.2 Å². The van der Waals surface area contributed by atoms with E-state index in [1.165, 1.54) is 4.90 Å². The summed E-state index contributed by atoms with van der Waals surface area (Å²) < 4.78 is 5.89. The standard InChI is InChI=1S/C15H21N3O7/c19-11-1-2-12(20)18(11)25-14(23)17-5-3-15(4-6-17)7-10(9-24-15)8-16-13(21)22/h10,16H,1-9H2,(H,21,22). The lowest BCUT2D eigenvalue weighted by Crippen LogP contribution is -2.48. The van der Waals surface area contributed by atoms with Crippen LogP contribution in [-0.4, -0.2) is 70.9 Å². The molecule has 3 aliphatic rings. The van der Waals surface area contributed by atoms with Crippen molar-refractivity contribution in [3.8, 4) is 0 Å². The van der Waals surface area contributed by atoms with Crippen LogP contribution in [0.3, 0.4) is 0 Å². The lowest BCUT2D eigenvalue weighted by molar-refractivity contribution is -0.174. The van der Waals surface area contributed by atoms with Gasteiger partial charge >= 0.3 is 12.2 Å². The van der Waals surface area contributed by atoms with Crippen LogP contribution < -0.4 is 5.32 Å². The largest absolute Gasteiger partial charge is 0.465 e. The van der Waals surface area contributed by atoms with Gasteiger partial charge < -0.3 is 24.9 Å². The molecule has 3 saturated heterocycles. The number of hydrogen-bond donors (Lipinski definition) is 2. The van der Waals surface area contributed by atoms with E-state index < -0.39 is 24.0 Å². The molecule has 3 heterocycles. The quantitative estimate of drug-likeness (QED) is 0.699. The lowest BCUT2D eigenvalue weighted by Gasteiger charge is -2.38. The van der Waals surface area contributed by atoms with Gasteiger partial charge in [-0.2, -0.15) is 0 Å². The Morgan fingerprint density at radius 2 is 1.88 bits per heavy atom. The number of rotatable bonds is 3. The summed E-state index contributed by atoms with van der Waals surface area (Å²) in [4.78, 5) is 52.1. The number of hydroxylamine groups is 2. The fourth-order valence-electron chi connectivity index (χ4n) is 3.54. The molecule has 0 aromatic carbocycles. The Hall–Kier alpha value is -2.36. The van der Waals surface area contributed by atoms with Gasteiger partial charge in [0.2, 0.25) is 0 Å². The molecule has 1 atom stereocenters. The van der Waals surface area contributed by atoms with E-state index in [9.17, 15) is 19.2 Å². The average Bonchev–Trinajstić information content (AvgIpc) is 3.12. The van der Waals surface area contributed by atoms with Gasteiger partial charge in [-0.3, -0.25) is 9.59 Å². The van der Waals surface area contributed by atoms with Crippen LogP contribution in [0.15, 0.2) is 0 Å². The number of likely N-dealkylation sites (tertiary alicyclic amines) is 1. The first kappa shape index (κ1) is 17.5. The third-order valence-electron chi connectivity index (χ3n) is 4.94. The smallest absolute Gasteiger partial charge is 0.434 e. The second-order valence-corrected chi connectivity index (χ2v) is 6.68. The van der Waals surface area contributed by atoms with Gasteiger partial charge in [-0.25, -0.2) is 9.59 Å². The van der Waals surface area contributed by atoms with E-state index in [2.05, 4.69) is 5.32 Å². The Morgan fingerprint density at radius 1 is 1.24 bits per heavy atom. The molecule has 25 heavy (non-hydrogen) atoms. The molecular weight excluding hydrogens is 334 g/mol. The summed E-state index contributed by atoms with van der Waals surface area (Å²) in [7, 11) is 0. The predicted molar refractivity (Wildman–Crippen MR) is 81.2 cm³/mol. The van der Waals surface area contributed by atoms with Gasteiger partial charge in [0.25, 0.3) is 11.8 Å². The van der Waals surface area contributed by atoms with Crippen LogP contribution >= 0.6 is 0 Å². The van der Waals surface area contributed by atoms with E-state index >= 15 is 0 Å². The van der Waals surface area contributed by atoms with Gasteiger partial charge in [0, 0.05) is 38.4 Å². The number of carbonyl (C=O) groups is 4. The van der Waals surface area contributed by atoms with Crippen molar-refractivity contribution >= 4 is 24.0 Å². The van der Waals surface area contributed by atoms with E-state index in [0.29, 0.717) is 44.1 Å². The molecule has 0 saturated carbocycles. The summed E-state index contributed by atoms with van der Waals surface area (Å²) in [6.45, 7) is 1.63. The highest BCUT2D eigenvalue weighted by atomic mass is 16.7. The van der Waals surface area contributed by atoms with Crippen molar-refractivity contribution in [2.24, 2.45) is 5.92 Å². The molecule has 10 nitrogen and oxygen atoms in total. The number of hydrogen-bond acceptors (Lipinski definition) is 6. The third kappa shape index (κ3) is 3.84. The second-order valence-electron chi connectivity index (χ2n) is 6.68. The van der Waals surface area contributed by atoms with Crippen molar-refractivity contribution in [3.05, 3.63) is 0 Å². The fourth-order valence-corrected chi connectivity index (χ4v) is 3.54. The first-order chi connectivity index (χ1) is 11.9. The Kier molecular flexibility index (Phi) is 4.80. The second kappa shape index (κ2) is 6.87. The first-order valence-electron chi connectivity index (χ1n) is 8.32. The summed E-state index contributed by atoms with van der Waals surface area (Å²) in [6.07, 6.45) is 0.314. The average molecular weight is 355 g/mol. The summed E-state index contributed by atoms with van der Waals surface area (Å²) in [5.74, 6) is -0.881. The highest BCUT2D eigenvalue weighted by Crippen LogP contribution is 2.38. The third-order valence-corrected chi connectivity index (χ3v) is 4.94. The zero-order chi connectivity index (χ0) is 18.0.